The second kappa shape index (κ2) is 5.86. The molecule has 3 aliphatic rings. The molecule has 1 saturated heterocycles. The van der Waals surface area contributed by atoms with Gasteiger partial charge in [0, 0.05) is 31.1 Å². The SMILES string of the molecule is Cc1cn2c(n1)CC[C@H](NC(=O)C1CCC3(CC1)NC(=O)NC3=O)C2. The number of hydrogen-bond acceptors (Lipinski definition) is 4. The molecule has 0 radical (unpaired) electrons. The van der Waals surface area contributed by atoms with Crippen LogP contribution in [0, 0.1) is 12.8 Å². The van der Waals surface area contributed by atoms with E-state index in [0.717, 1.165) is 30.9 Å². The highest BCUT2D eigenvalue weighted by Crippen LogP contribution is 2.34. The molecule has 2 fully saturated rings. The van der Waals surface area contributed by atoms with Crippen molar-refractivity contribution in [1.29, 1.82) is 0 Å². The van der Waals surface area contributed by atoms with Gasteiger partial charge >= 0.3 is 6.03 Å². The molecule has 3 heterocycles. The number of carbonyl (C=O) groups is 3. The van der Waals surface area contributed by atoms with Gasteiger partial charge in [-0.3, -0.25) is 14.9 Å². The van der Waals surface area contributed by atoms with Crippen LogP contribution in [0.25, 0.3) is 0 Å². The Morgan fingerprint density at radius 1 is 1.32 bits per heavy atom. The average Bonchev–Trinajstić information content (AvgIpc) is 3.06. The first-order valence-electron chi connectivity index (χ1n) is 8.92. The lowest BCUT2D eigenvalue weighted by Gasteiger charge is -2.35. The quantitative estimate of drug-likeness (QED) is 0.674. The number of nitrogens with zero attached hydrogens (tertiary/aromatic N) is 2. The van der Waals surface area contributed by atoms with Crippen LogP contribution < -0.4 is 16.0 Å². The minimum atomic E-state index is -0.804. The second-order valence-corrected chi connectivity index (χ2v) is 7.46. The Morgan fingerprint density at radius 3 is 2.76 bits per heavy atom. The topological polar surface area (TPSA) is 105 Å². The monoisotopic (exact) mass is 345 g/mol. The summed E-state index contributed by atoms with van der Waals surface area (Å²) in [6.45, 7) is 2.74. The Hall–Kier alpha value is -2.38. The van der Waals surface area contributed by atoms with Crippen LogP contribution >= 0.6 is 0 Å². The van der Waals surface area contributed by atoms with E-state index in [4.69, 9.17) is 0 Å². The fraction of sp³-hybridized carbons (Fsp3) is 0.647. The van der Waals surface area contributed by atoms with Gasteiger partial charge in [-0.2, -0.15) is 0 Å². The molecule has 25 heavy (non-hydrogen) atoms. The summed E-state index contributed by atoms with van der Waals surface area (Å²) in [4.78, 5) is 40.4. The van der Waals surface area contributed by atoms with Gasteiger partial charge in [0.1, 0.15) is 11.4 Å². The molecule has 0 aromatic carbocycles. The Balaban J connectivity index is 1.33. The summed E-state index contributed by atoms with van der Waals surface area (Å²) in [5.41, 5.74) is 0.207. The third-order valence-electron chi connectivity index (χ3n) is 5.68. The molecule has 1 aromatic rings. The van der Waals surface area contributed by atoms with Crippen LogP contribution in [0.5, 0.6) is 0 Å². The van der Waals surface area contributed by atoms with Crippen molar-refractivity contribution in [2.24, 2.45) is 5.92 Å². The zero-order valence-electron chi connectivity index (χ0n) is 14.3. The van der Waals surface area contributed by atoms with Crippen LogP contribution in [0.3, 0.4) is 0 Å². The number of urea groups is 1. The minimum Gasteiger partial charge on any atom is -0.351 e. The first-order valence-corrected chi connectivity index (χ1v) is 8.92. The van der Waals surface area contributed by atoms with E-state index >= 15 is 0 Å². The molecule has 1 spiro atoms. The van der Waals surface area contributed by atoms with E-state index in [2.05, 4.69) is 25.5 Å². The lowest BCUT2D eigenvalue weighted by molar-refractivity contribution is -0.131. The highest BCUT2D eigenvalue weighted by molar-refractivity contribution is 6.07. The van der Waals surface area contributed by atoms with Crippen LogP contribution in [-0.4, -0.2) is 39.0 Å². The van der Waals surface area contributed by atoms with Gasteiger partial charge in [-0.05, 0) is 39.0 Å². The molecule has 4 rings (SSSR count). The van der Waals surface area contributed by atoms with Gasteiger partial charge in [0.05, 0.1) is 5.69 Å². The first-order chi connectivity index (χ1) is 11.9. The van der Waals surface area contributed by atoms with E-state index in [1.165, 1.54) is 0 Å². The number of amides is 4. The van der Waals surface area contributed by atoms with E-state index in [-0.39, 0.29) is 23.8 Å². The fourth-order valence-electron chi connectivity index (χ4n) is 4.28. The normalized spacial score (nSPS) is 31.4. The molecule has 3 N–H and O–H groups in total. The summed E-state index contributed by atoms with van der Waals surface area (Å²) in [5.74, 6) is 0.795. The predicted molar refractivity (Wildman–Crippen MR) is 88.6 cm³/mol. The summed E-state index contributed by atoms with van der Waals surface area (Å²) in [6.07, 6.45) is 6.05. The Bertz CT molecular complexity index is 733. The van der Waals surface area contributed by atoms with Crippen LogP contribution in [-0.2, 0) is 22.6 Å². The summed E-state index contributed by atoms with van der Waals surface area (Å²) >= 11 is 0. The van der Waals surface area contributed by atoms with E-state index in [0.29, 0.717) is 25.7 Å². The highest BCUT2D eigenvalue weighted by atomic mass is 16.2. The number of fused-ring (bicyclic) bond motifs is 1. The van der Waals surface area contributed by atoms with Gasteiger partial charge < -0.3 is 15.2 Å². The zero-order valence-corrected chi connectivity index (χ0v) is 14.3. The van der Waals surface area contributed by atoms with Crippen molar-refractivity contribution >= 4 is 17.8 Å². The summed E-state index contributed by atoms with van der Waals surface area (Å²) in [5, 5.41) is 8.19. The summed E-state index contributed by atoms with van der Waals surface area (Å²) in [7, 11) is 0. The number of rotatable bonds is 2. The maximum absolute atomic E-state index is 12.6. The Labute approximate surface area is 145 Å². The number of aryl methyl sites for hydroxylation is 2. The lowest BCUT2D eigenvalue weighted by Crippen LogP contribution is -2.51. The van der Waals surface area contributed by atoms with E-state index in [9.17, 15) is 14.4 Å². The van der Waals surface area contributed by atoms with E-state index < -0.39 is 11.6 Å². The van der Waals surface area contributed by atoms with Crippen LogP contribution in [0.4, 0.5) is 4.79 Å². The molecule has 0 bridgehead atoms. The molecule has 2 aliphatic heterocycles. The maximum atomic E-state index is 12.6. The second-order valence-electron chi connectivity index (χ2n) is 7.46. The van der Waals surface area contributed by atoms with Crippen molar-refractivity contribution in [2.75, 3.05) is 0 Å². The minimum absolute atomic E-state index is 0.0601. The Morgan fingerprint density at radius 2 is 2.08 bits per heavy atom. The molecule has 1 aliphatic carbocycles. The third kappa shape index (κ3) is 2.89. The van der Waals surface area contributed by atoms with Crippen molar-refractivity contribution in [1.82, 2.24) is 25.5 Å². The van der Waals surface area contributed by atoms with Crippen LogP contribution in [0.2, 0.25) is 0 Å². The van der Waals surface area contributed by atoms with Gasteiger partial charge in [-0.15, -0.1) is 0 Å². The standard InChI is InChI=1S/C17H23N5O3/c1-10-8-22-9-12(2-3-13(22)18-10)19-14(23)11-4-6-17(7-5-11)15(24)20-16(25)21-17/h8,11-12H,2-7,9H2,1H3,(H,19,23)(H2,20,21,24,25)/t11?,12-,17?/m0/s1. The average molecular weight is 345 g/mol. The number of imidazole rings is 1. The molecular formula is C17H23N5O3. The van der Waals surface area contributed by atoms with E-state index in [1.54, 1.807) is 0 Å². The molecular weight excluding hydrogens is 322 g/mol. The third-order valence-corrected chi connectivity index (χ3v) is 5.68. The maximum Gasteiger partial charge on any atom is 0.322 e. The van der Waals surface area contributed by atoms with Crippen LogP contribution in [0.15, 0.2) is 6.20 Å². The molecule has 8 heteroatoms. The van der Waals surface area contributed by atoms with E-state index in [1.807, 2.05) is 13.1 Å². The highest BCUT2D eigenvalue weighted by Gasteiger charge is 2.49. The number of aromatic nitrogens is 2. The lowest BCUT2D eigenvalue weighted by atomic mass is 9.76. The number of hydrogen-bond donors (Lipinski definition) is 3. The zero-order chi connectivity index (χ0) is 17.6. The number of nitrogens with one attached hydrogen (secondary N) is 3. The summed E-state index contributed by atoms with van der Waals surface area (Å²) in [6, 6.07) is -0.305. The number of imide groups is 1. The van der Waals surface area contributed by atoms with Gasteiger partial charge in [-0.1, -0.05) is 0 Å². The Kier molecular flexibility index (Phi) is 3.77. The van der Waals surface area contributed by atoms with Gasteiger partial charge in [0.25, 0.3) is 5.91 Å². The largest absolute Gasteiger partial charge is 0.351 e. The van der Waals surface area contributed by atoms with Gasteiger partial charge in [-0.25, -0.2) is 9.78 Å². The molecule has 1 atom stereocenters. The van der Waals surface area contributed by atoms with Crippen LogP contribution in [0.1, 0.15) is 43.6 Å². The molecule has 8 nitrogen and oxygen atoms in total. The summed E-state index contributed by atoms with van der Waals surface area (Å²) < 4.78 is 2.12. The fourth-order valence-corrected chi connectivity index (χ4v) is 4.28. The van der Waals surface area contributed by atoms with Crippen molar-refractivity contribution in [3.05, 3.63) is 17.7 Å². The number of carbonyl (C=O) groups excluding carboxylic acids is 3. The van der Waals surface area contributed by atoms with Crippen molar-refractivity contribution < 1.29 is 14.4 Å². The van der Waals surface area contributed by atoms with Crippen molar-refractivity contribution in [2.45, 2.75) is 63.6 Å². The predicted octanol–water partition coefficient (Wildman–Crippen LogP) is 0.391. The first kappa shape index (κ1) is 16.1. The molecule has 1 aromatic heterocycles. The molecule has 1 saturated carbocycles. The van der Waals surface area contributed by atoms with Crippen molar-refractivity contribution in [3.8, 4) is 0 Å². The smallest absolute Gasteiger partial charge is 0.322 e. The molecule has 134 valence electrons. The molecule has 0 unspecified atom stereocenters. The molecule has 4 amide bonds. The van der Waals surface area contributed by atoms with Gasteiger partial charge in [0.2, 0.25) is 5.91 Å². The van der Waals surface area contributed by atoms with Gasteiger partial charge in [0.15, 0.2) is 0 Å². The van der Waals surface area contributed by atoms with Crippen molar-refractivity contribution in [3.63, 3.8) is 0 Å².